The van der Waals surface area contributed by atoms with E-state index < -0.39 is 0 Å². The third-order valence-electron chi connectivity index (χ3n) is 12.7. The molecule has 1 aromatic heterocycles. The molecule has 0 amide bonds. The molecule has 0 spiro atoms. The first-order valence-electron chi connectivity index (χ1n) is 14.1. The fourth-order valence-electron chi connectivity index (χ4n) is 11.5. The van der Waals surface area contributed by atoms with E-state index in [1.807, 2.05) is 0 Å². The number of carbonyl (C=O) groups excluding carboxylic acids is 1. The van der Waals surface area contributed by atoms with Gasteiger partial charge in [-0.2, -0.15) is 0 Å². The monoisotopic (exact) mass is 496 g/mol. The molecule has 5 heteroatoms. The predicted molar refractivity (Wildman–Crippen MR) is 140 cm³/mol. The van der Waals surface area contributed by atoms with Crippen molar-refractivity contribution in [3.8, 4) is 0 Å². The van der Waals surface area contributed by atoms with Gasteiger partial charge in [-0.25, -0.2) is 0 Å². The van der Waals surface area contributed by atoms with Crippen LogP contribution in [0.15, 0.2) is 12.2 Å². The first kappa shape index (κ1) is 24.1. The summed E-state index contributed by atoms with van der Waals surface area (Å²) < 4.78 is 9.90. The van der Waals surface area contributed by atoms with Crippen LogP contribution in [0.5, 0.6) is 0 Å². The van der Waals surface area contributed by atoms with Crippen LogP contribution in [-0.4, -0.2) is 22.7 Å². The van der Waals surface area contributed by atoms with Gasteiger partial charge in [0, 0.05) is 10.3 Å². The highest BCUT2D eigenvalue weighted by molar-refractivity contribution is 7.05. The molecule has 0 bridgehead atoms. The SMILES string of the molecule is C=C(C)C1CCC2(C(=O)OC)CCC3C(CCC4C3(C)CCC3C(C)(C)c5nnsc5CC34C)C12. The summed E-state index contributed by atoms with van der Waals surface area (Å²) in [7, 11) is 1.60. The normalized spacial score (nSPS) is 47.5. The maximum Gasteiger partial charge on any atom is 0.312 e. The van der Waals surface area contributed by atoms with Crippen LogP contribution in [0.4, 0.5) is 0 Å². The highest BCUT2D eigenvalue weighted by Crippen LogP contribution is 2.73. The highest BCUT2D eigenvalue weighted by atomic mass is 32.1. The number of fused-ring (bicyclic) bond motifs is 8. The summed E-state index contributed by atoms with van der Waals surface area (Å²) in [5, 5.41) is 4.63. The molecule has 4 fully saturated rings. The molecule has 1 aromatic rings. The first-order valence-corrected chi connectivity index (χ1v) is 14.8. The van der Waals surface area contributed by atoms with E-state index in [2.05, 4.69) is 50.8 Å². The molecule has 0 saturated heterocycles. The van der Waals surface area contributed by atoms with Crippen LogP contribution >= 0.6 is 11.5 Å². The topological polar surface area (TPSA) is 52.1 Å². The van der Waals surface area contributed by atoms with E-state index in [0.717, 1.165) is 31.6 Å². The molecule has 4 saturated carbocycles. The zero-order valence-corrected chi connectivity index (χ0v) is 23.5. The molecule has 0 aliphatic heterocycles. The second-order valence-electron chi connectivity index (χ2n) is 14.2. The second-order valence-corrected chi connectivity index (χ2v) is 15.0. The maximum absolute atomic E-state index is 13.3. The van der Waals surface area contributed by atoms with Crippen molar-refractivity contribution < 1.29 is 9.53 Å². The van der Waals surface area contributed by atoms with E-state index >= 15 is 0 Å². The summed E-state index contributed by atoms with van der Waals surface area (Å²) in [6, 6.07) is 0. The van der Waals surface area contributed by atoms with Crippen LogP contribution < -0.4 is 0 Å². The smallest absolute Gasteiger partial charge is 0.312 e. The van der Waals surface area contributed by atoms with E-state index in [4.69, 9.17) is 4.74 Å². The van der Waals surface area contributed by atoms with Crippen LogP contribution in [0.3, 0.4) is 0 Å². The van der Waals surface area contributed by atoms with Crippen molar-refractivity contribution in [2.75, 3.05) is 7.11 Å². The molecule has 192 valence electrons. The van der Waals surface area contributed by atoms with Gasteiger partial charge in [0.1, 0.15) is 0 Å². The largest absolute Gasteiger partial charge is 0.469 e. The quantitative estimate of drug-likeness (QED) is 0.327. The number of nitrogens with zero attached hydrogens (tertiary/aromatic N) is 2. The van der Waals surface area contributed by atoms with E-state index in [0.29, 0.717) is 40.4 Å². The number of rotatable bonds is 2. The van der Waals surface area contributed by atoms with Crippen LogP contribution in [0.1, 0.15) is 96.6 Å². The fraction of sp³-hybridized carbons (Fsp3) is 0.833. The lowest BCUT2D eigenvalue weighted by molar-refractivity contribution is -0.191. The van der Waals surface area contributed by atoms with Gasteiger partial charge in [-0.1, -0.05) is 44.3 Å². The standard InChI is InChI=1S/C30H44N2O2S/c1-17(2)18-10-14-30(26(33)34-7)15-11-20-19(24(18)30)8-9-23-28(20,5)13-12-22-27(3,4)25-21(35-32-31-25)16-29(22,23)6/h18-20,22-24H,1,8-16H2,2-7H3. The number of hydrogen-bond donors (Lipinski definition) is 0. The minimum Gasteiger partial charge on any atom is -0.469 e. The average molecular weight is 497 g/mol. The van der Waals surface area contributed by atoms with Crippen molar-refractivity contribution in [1.29, 1.82) is 0 Å². The summed E-state index contributed by atoms with van der Waals surface area (Å²) in [6.45, 7) is 16.8. The Morgan fingerprint density at radius 2 is 1.74 bits per heavy atom. The number of methoxy groups -OCH3 is 1. The van der Waals surface area contributed by atoms with Crippen molar-refractivity contribution in [3.05, 3.63) is 22.7 Å². The van der Waals surface area contributed by atoms with E-state index in [9.17, 15) is 4.79 Å². The van der Waals surface area contributed by atoms with Crippen LogP contribution in [0, 0.1) is 51.8 Å². The van der Waals surface area contributed by atoms with E-state index in [-0.39, 0.29) is 16.8 Å². The van der Waals surface area contributed by atoms with Crippen LogP contribution in [0.2, 0.25) is 0 Å². The Labute approximate surface area is 215 Å². The number of allylic oxidation sites excluding steroid dienone is 1. The van der Waals surface area contributed by atoms with Crippen molar-refractivity contribution in [2.24, 2.45) is 51.8 Å². The number of ether oxygens (including phenoxy) is 1. The molecule has 0 aromatic carbocycles. The van der Waals surface area contributed by atoms with Crippen LogP contribution in [0.25, 0.3) is 0 Å². The highest BCUT2D eigenvalue weighted by Gasteiger charge is 2.68. The molecule has 9 atom stereocenters. The average Bonchev–Trinajstić information content (AvgIpc) is 3.43. The number of aromatic nitrogens is 2. The van der Waals surface area contributed by atoms with Crippen molar-refractivity contribution in [2.45, 2.75) is 97.8 Å². The summed E-state index contributed by atoms with van der Waals surface area (Å²) >= 11 is 1.64. The second kappa shape index (κ2) is 7.65. The number of esters is 1. The molecule has 9 unspecified atom stereocenters. The van der Waals surface area contributed by atoms with Gasteiger partial charge in [-0.15, -0.1) is 5.10 Å². The molecule has 0 N–H and O–H groups in total. The van der Waals surface area contributed by atoms with Crippen molar-refractivity contribution in [1.82, 2.24) is 9.59 Å². The van der Waals surface area contributed by atoms with Gasteiger partial charge in [0.2, 0.25) is 0 Å². The third-order valence-corrected chi connectivity index (χ3v) is 13.4. The summed E-state index contributed by atoms with van der Waals surface area (Å²) in [4.78, 5) is 14.8. The number of carbonyl (C=O) groups is 1. The lowest BCUT2D eigenvalue weighted by Crippen LogP contribution is -2.63. The molecular weight excluding hydrogens is 452 g/mol. The zero-order valence-electron chi connectivity index (χ0n) is 22.7. The molecule has 4 nitrogen and oxygen atoms in total. The Bertz CT molecular complexity index is 1060. The Morgan fingerprint density at radius 1 is 1.00 bits per heavy atom. The first-order chi connectivity index (χ1) is 16.5. The van der Waals surface area contributed by atoms with E-state index in [1.54, 1.807) is 18.6 Å². The Hall–Kier alpha value is -1.23. The van der Waals surface area contributed by atoms with Crippen LogP contribution in [-0.2, 0) is 21.4 Å². The summed E-state index contributed by atoms with van der Waals surface area (Å²) in [5.74, 6) is 3.64. The van der Waals surface area contributed by atoms with Gasteiger partial charge in [-0.3, -0.25) is 4.79 Å². The molecule has 6 rings (SSSR count). The molecular formula is C30H44N2O2S. The Morgan fingerprint density at radius 3 is 2.46 bits per heavy atom. The van der Waals surface area contributed by atoms with Gasteiger partial charge < -0.3 is 4.74 Å². The third kappa shape index (κ3) is 2.94. The van der Waals surface area contributed by atoms with Crippen molar-refractivity contribution in [3.63, 3.8) is 0 Å². The summed E-state index contributed by atoms with van der Waals surface area (Å²) in [5.41, 5.74) is 3.01. The lowest BCUT2D eigenvalue weighted by atomic mass is 9.36. The minimum atomic E-state index is -0.278. The molecule has 5 aliphatic carbocycles. The molecule has 5 aliphatic rings. The maximum atomic E-state index is 13.3. The van der Waals surface area contributed by atoms with Gasteiger partial charge in [0.05, 0.1) is 18.2 Å². The van der Waals surface area contributed by atoms with Gasteiger partial charge >= 0.3 is 5.97 Å². The molecule has 35 heavy (non-hydrogen) atoms. The summed E-state index contributed by atoms with van der Waals surface area (Å²) in [6.07, 6.45) is 10.6. The molecule has 0 radical (unpaired) electrons. The number of hydrogen-bond acceptors (Lipinski definition) is 5. The van der Waals surface area contributed by atoms with Gasteiger partial charge in [0.25, 0.3) is 0 Å². The predicted octanol–water partition coefficient (Wildman–Crippen LogP) is 6.99. The lowest BCUT2D eigenvalue weighted by Gasteiger charge is -2.68. The zero-order chi connectivity index (χ0) is 25.0. The fourth-order valence-corrected chi connectivity index (χ4v) is 12.5. The Balaban J connectivity index is 1.39. The Kier molecular flexibility index (Phi) is 5.27. The minimum absolute atomic E-state index is 0.0619. The van der Waals surface area contributed by atoms with Gasteiger partial charge in [-0.05, 0) is 123 Å². The van der Waals surface area contributed by atoms with E-state index in [1.165, 1.54) is 48.2 Å². The molecule has 1 heterocycles. The van der Waals surface area contributed by atoms with Gasteiger partial charge in [0.15, 0.2) is 0 Å². The van der Waals surface area contributed by atoms with Crippen molar-refractivity contribution >= 4 is 17.5 Å².